The highest BCUT2D eigenvalue weighted by molar-refractivity contribution is 6.42. The molecule has 1 aliphatic heterocycles. The van der Waals surface area contributed by atoms with Gasteiger partial charge in [-0.25, -0.2) is 0 Å². The number of piperidine rings is 1. The Balaban J connectivity index is 0.00000288. The lowest BCUT2D eigenvalue weighted by Crippen LogP contribution is -2.51. The largest absolute Gasteiger partial charge is 0.352 e. The SMILES string of the molecule is CC(C)[C@H](N)C(=O)NC1CCN(Cc2ccc(Cl)c(Cl)c2)CC1.Cl. The van der Waals surface area contributed by atoms with Gasteiger partial charge in [-0.1, -0.05) is 43.1 Å². The van der Waals surface area contributed by atoms with E-state index >= 15 is 0 Å². The Hall–Kier alpha value is -0.520. The van der Waals surface area contributed by atoms with Crippen LogP contribution in [0.5, 0.6) is 0 Å². The average Bonchev–Trinajstić information content (AvgIpc) is 2.52. The summed E-state index contributed by atoms with van der Waals surface area (Å²) in [6, 6.07) is 5.55. The quantitative estimate of drug-likeness (QED) is 0.804. The van der Waals surface area contributed by atoms with Gasteiger partial charge >= 0.3 is 0 Å². The first-order chi connectivity index (χ1) is 10.9. The molecule has 0 bridgehead atoms. The van der Waals surface area contributed by atoms with Crippen molar-refractivity contribution in [2.24, 2.45) is 11.7 Å². The molecule has 24 heavy (non-hydrogen) atoms. The van der Waals surface area contributed by atoms with Gasteiger partial charge < -0.3 is 11.1 Å². The fourth-order valence-corrected chi connectivity index (χ4v) is 3.05. The number of rotatable bonds is 5. The topological polar surface area (TPSA) is 58.4 Å². The minimum atomic E-state index is -0.427. The van der Waals surface area contributed by atoms with Crippen molar-refractivity contribution in [2.75, 3.05) is 13.1 Å². The maximum absolute atomic E-state index is 12.0. The van der Waals surface area contributed by atoms with Gasteiger partial charge in [-0.2, -0.15) is 0 Å². The zero-order valence-electron chi connectivity index (χ0n) is 14.1. The minimum Gasteiger partial charge on any atom is -0.352 e. The maximum Gasteiger partial charge on any atom is 0.237 e. The number of hydrogen-bond acceptors (Lipinski definition) is 3. The van der Waals surface area contributed by atoms with Crippen molar-refractivity contribution in [3.63, 3.8) is 0 Å². The van der Waals surface area contributed by atoms with E-state index in [-0.39, 0.29) is 30.3 Å². The Labute approximate surface area is 160 Å². The van der Waals surface area contributed by atoms with Crippen LogP contribution in [0.4, 0.5) is 0 Å². The van der Waals surface area contributed by atoms with Crippen LogP contribution in [-0.2, 0) is 11.3 Å². The van der Waals surface area contributed by atoms with Crippen molar-refractivity contribution < 1.29 is 4.79 Å². The lowest BCUT2D eigenvalue weighted by atomic mass is 10.0. The summed E-state index contributed by atoms with van der Waals surface area (Å²) in [6.45, 7) is 6.67. The molecule has 7 heteroatoms. The molecular formula is C17H26Cl3N3O. The van der Waals surface area contributed by atoms with Crippen LogP contribution in [-0.4, -0.2) is 36.0 Å². The molecule has 0 unspecified atom stereocenters. The van der Waals surface area contributed by atoms with Crippen molar-refractivity contribution in [3.05, 3.63) is 33.8 Å². The highest BCUT2D eigenvalue weighted by Crippen LogP contribution is 2.24. The number of hydrogen-bond donors (Lipinski definition) is 2. The number of nitrogens with zero attached hydrogens (tertiary/aromatic N) is 1. The number of carbonyl (C=O) groups is 1. The molecule has 0 saturated carbocycles. The number of likely N-dealkylation sites (tertiary alicyclic amines) is 1. The number of amides is 1. The molecular weight excluding hydrogens is 369 g/mol. The lowest BCUT2D eigenvalue weighted by molar-refractivity contribution is -0.124. The molecule has 0 radical (unpaired) electrons. The Morgan fingerprint density at radius 2 is 1.92 bits per heavy atom. The molecule has 3 N–H and O–H groups in total. The average molecular weight is 395 g/mol. The molecule has 4 nitrogen and oxygen atoms in total. The van der Waals surface area contributed by atoms with E-state index in [1.54, 1.807) is 0 Å². The van der Waals surface area contributed by atoms with Gasteiger partial charge in [0.25, 0.3) is 0 Å². The molecule has 0 aromatic heterocycles. The number of nitrogens with one attached hydrogen (secondary N) is 1. The molecule has 1 fully saturated rings. The number of carbonyl (C=O) groups excluding carboxylic acids is 1. The highest BCUT2D eigenvalue weighted by atomic mass is 35.5. The smallest absolute Gasteiger partial charge is 0.237 e. The zero-order chi connectivity index (χ0) is 17.0. The summed E-state index contributed by atoms with van der Waals surface area (Å²) in [7, 11) is 0. The molecule has 0 spiro atoms. The van der Waals surface area contributed by atoms with Crippen LogP contribution in [0, 0.1) is 5.92 Å². The van der Waals surface area contributed by atoms with E-state index in [9.17, 15) is 4.79 Å². The summed E-state index contributed by atoms with van der Waals surface area (Å²) in [5.41, 5.74) is 7.04. The third-order valence-electron chi connectivity index (χ3n) is 4.35. The first kappa shape index (κ1) is 21.5. The summed E-state index contributed by atoms with van der Waals surface area (Å²) in [5.74, 6) is 0.118. The molecule has 1 aliphatic rings. The Bertz CT molecular complexity index is 546. The third-order valence-corrected chi connectivity index (χ3v) is 5.08. The van der Waals surface area contributed by atoms with Crippen LogP contribution in [0.2, 0.25) is 10.0 Å². The van der Waals surface area contributed by atoms with E-state index in [1.807, 2.05) is 32.0 Å². The Morgan fingerprint density at radius 3 is 2.46 bits per heavy atom. The van der Waals surface area contributed by atoms with Crippen molar-refractivity contribution in [1.82, 2.24) is 10.2 Å². The predicted octanol–water partition coefficient (Wildman–Crippen LogP) is 3.48. The fourth-order valence-electron chi connectivity index (χ4n) is 2.73. The molecule has 136 valence electrons. The second kappa shape index (κ2) is 9.83. The molecule has 1 aromatic rings. The predicted molar refractivity (Wildman–Crippen MR) is 103 cm³/mol. The third kappa shape index (κ3) is 6.08. The first-order valence-corrected chi connectivity index (χ1v) is 8.84. The standard InChI is InChI=1S/C17H25Cl2N3O.ClH/c1-11(2)16(20)17(23)21-13-5-7-22(8-6-13)10-12-3-4-14(18)15(19)9-12;/h3-4,9,11,13,16H,5-8,10,20H2,1-2H3,(H,21,23);1H/t16-;/m0./s1. The summed E-state index contributed by atoms with van der Waals surface area (Å²) >= 11 is 12.0. The van der Waals surface area contributed by atoms with Crippen LogP contribution in [0.25, 0.3) is 0 Å². The van der Waals surface area contributed by atoms with Crippen LogP contribution in [0.3, 0.4) is 0 Å². The van der Waals surface area contributed by atoms with Gasteiger partial charge in [0.05, 0.1) is 16.1 Å². The van der Waals surface area contributed by atoms with Crippen LogP contribution < -0.4 is 11.1 Å². The van der Waals surface area contributed by atoms with E-state index in [1.165, 1.54) is 0 Å². The summed E-state index contributed by atoms with van der Waals surface area (Å²) < 4.78 is 0. The monoisotopic (exact) mass is 393 g/mol. The van der Waals surface area contributed by atoms with E-state index in [0.29, 0.717) is 10.0 Å². The van der Waals surface area contributed by atoms with Gasteiger partial charge in [-0.15, -0.1) is 12.4 Å². The van der Waals surface area contributed by atoms with Gasteiger partial charge in [0.15, 0.2) is 0 Å². The number of benzene rings is 1. The molecule has 0 aliphatic carbocycles. The molecule has 1 aromatic carbocycles. The molecule has 1 atom stereocenters. The van der Waals surface area contributed by atoms with Crippen LogP contribution >= 0.6 is 35.6 Å². The lowest BCUT2D eigenvalue weighted by Gasteiger charge is -2.33. The fraction of sp³-hybridized carbons (Fsp3) is 0.588. The van der Waals surface area contributed by atoms with Crippen LogP contribution in [0.15, 0.2) is 18.2 Å². The summed E-state index contributed by atoms with van der Waals surface area (Å²) in [4.78, 5) is 14.4. The maximum atomic E-state index is 12.0. The van der Waals surface area contributed by atoms with Gasteiger partial charge in [0.2, 0.25) is 5.91 Å². The molecule has 1 heterocycles. The van der Waals surface area contributed by atoms with Gasteiger partial charge in [0, 0.05) is 25.7 Å². The highest BCUT2D eigenvalue weighted by Gasteiger charge is 2.24. The van der Waals surface area contributed by atoms with Crippen molar-refractivity contribution >= 4 is 41.5 Å². The van der Waals surface area contributed by atoms with E-state index < -0.39 is 6.04 Å². The van der Waals surface area contributed by atoms with Crippen molar-refractivity contribution in [3.8, 4) is 0 Å². The molecule has 2 rings (SSSR count). The second-order valence-corrected chi connectivity index (χ2v) is 7.39. The zero-order valence-corrected chi connectivity index (χ0v) is 16.4. The first-order valence-electron chi connectivity index (χ1n) is 8.09. The van der Waals surface area contributed by atoms with E-state index in [4.69, 9.17) is 28.9 Å². The van der Waals surface area contributed by atoms with Crippen molar-refractivity contribution in [2.45, 2.75) is 45.3 Å². The summed E-state index contributed by atoms with van der Waals surface area (Å²) in [5, 5.41) is 4.25. The van der Waals surface area contributed by atoms with E-state index in [0.717, 1.165) is 38.0 Å². The number of halogens is 3. The summed E-state index contributed by atoms with van der Waals surface area (Å²) in [6.07, 6.45) is 1.88. The van der Waals surface area contributed by atoms with E-state index in [2.05, 4.69) is 10.2 Å². The normalized spacial score (nSPS) is 17.4. The molecule has 1 saturated heterocycles. The van der Waals surface area contributed by atoms with Gasteiger partial charge in [-0.3, -0.25) is 9.69 Å². The molecule has 1 amide bonds. The van der Waals surface area contributed by atoms with Gasteiger partial charge in [0.1, 0.15) is 0 Å². The second-order valence-electron chi connectivity index (χ2n) is 6.58. The van der Waals surface area contributed by atoms with Crippen molar-refractivity contribution in [1.29, 1.82) is 0 Å². The van der Waals surface area contributed by atoms with Gasteiger partial charge in [-0.05, 0) is 36.5 Å². The Kier molecular flexibility index (Phi) is 8.82. The van der Waals surface area contributed by atoms with Crippen LogP contribution in [0.1, 0.15) is 32.3 Å². The minimum absolute atomic E-state index is 0. The Morgan fingerprint density at radius 1 is 1.29 bits per heavy atom. The number of nitrogens with two attached hydrogens (primary N) is 1.